The number of hydrogen-bond acceptors (Lipinski definition) is 4. The van der Waals surface area contributed by atoms with Crippen molar-refractivity contribution in [1.82, 2.24) is 10.2 Å². The molecule has 6 nitrogen and oxygen atoms in total. The lowest BCUT2D eigenvalue weighted by atomic mass is 10.0. The van der Waals surface area contributed by atoms with E-state index in [1.165, 1.54) is 12.1 Å². The van der Waals surface area contributed by atoms with Crippen LogP contribution in [0.5, 0.6) is 0 Å². The number of nitrogens with one attached hydrogen (secondary N) is 2. The minimum Gasteiger partial charge on any atom is -0.371 e. The van der Waals surface area contributed by atoms with E-state index >= 15 is 0 Å². The molecule has 1 aliphatic heterocycles. The average Bonchev–Trinajstić information content (AvgIpc) is 3.35. The molecular weight excluding hydrogens is 502 g/mol. The second-order valence-electron chi connectivity index (χ2n) is 9.09. The highest BCUT2D eigenvalue weighted by atomic mass is 19.4. The quantitative estimate of drug-likeness (QED) is 0.361. The van der Waals surface area contributed by atoms with Gasteiger partial charge in [-0.25, -0.2) is 0 Å². The van der Waals surface area contributed by atoms with Crippen LogP contribution in [-0.2, 0) is 12.4 Å². The molecule has 1 aliphatic rings. The Morgan fingerprint density at radius 2 is 1.49 bits per heavy atom. The van der Waals surface area contributed by atoms with Gasteiger partial charge in [-0.2, -0.15) is 26.3 Å². The first-order chi connectivity index (χ1) is 17.3. The number of carbonyl (C=O) groups is 2. The van der Waals surface area contributed by atoms with Crippen LogP contribution in [-0.4, -0.2) is 57.0 Å². The maximum absolute atomic E-state index is 13.2. The van der Waals surface area contributed by atoms with Crippen LogP contribution in [0.4, 0.5) is 37.7 Å². The molecule has 0 saturated carbocycles. The first-order valence-corrected chi connectivity index (χ1v) is 11.7. The Bertz CT molecular complexity index is 1090. The van der Waals surface area contributed by atoms with Gasteiger partial charge in [-0.1, -0.05) is 0 Å². The third-order valence-corrected chi connectivity index (χ3v) is 5.86. The van der Waals surface area contributed by atoms with Gasteiger partial charge >= 0.3 is 12.4 Å². The van der Waals surface area contributed by atoms with Gasteiger partial charge in [0, 0.05) is 36.6 Å². The molecule has 2 N–H and O–H groups in total. The maximum Gasteiger partial charge on any atom is 0.416 e. The molecule has 0 bridgehead atoms. The van der Waals surface area contributed by atoms with Gasteiger partial charge in [-0.3, -0.25) is 9.59 Å². The van der Waals surface area contributed by atoms with Crippen molar-refractivity contribution < 1.29 is 35.9 Å². The molecule has 0 aromatic heterocycles. The predicted molar refractivity (Wildman–Crippen MR) is 128 cm³/mol. The molecule has 0 unspecified atom stereocenters. The van der Waals surface area contributed by atoms with Crippen LogP contribution in [0.25, 0.3) is 0 Å². The van der Waals surface area contributed by atoms with E-state index in [0.29, 0.717) is 30.8 Å². The summed E-state index contributed by atoms with van der Waals surface area (Å²) < 4.78 is 79.1. The molecule has 1 heterocycles. The van der Waals surface area contributed by atoms with Crippen LogP contribution in [0.15, 0.2) is 36.4 Å². The zero-order valence-electron chi connectivity index (χ0n) is 20.4. The number of amides is 2. The summed E-state index contributed by atoms with van der Waals surface area (Å²) in [6.45, 7) is 2.62. The molecule has 0 atom stereocenters. The van der Waals surface area contributed by atoms with Crippen molar-refractivity contribution in [2.24, 2.45) is 0 Å². The van der Waals surface area contributed by atoms with Crippen molar-refractivity contribution in [3.05, 3.63) is 58.7 Å². The van der Waals surface area contributed by atoms with Gasteiger partial charge in [-0.15, -0.1) is 0 Å². The lowest BCUT2D eigenvalue weighted by Crippen LogP contribution is -2.29. The molecule has 37 heavy (non-hydrogen) atoms. The highest BCUT2D eigenvalue weighted by Crippen LogP contribution is 2.36. The van der Waals surface area contributed by atoms with E-state index in [4.69, 9.17) is 0 Å². The number of benzene rings is 2. The highest BCUT2D eigenvalue weighted by molar-refractivity contribution is 6.06. The minimum atomic E-state index is -5.08. The molecule has 1 saturated heterocycles. The fourth-order valence-electron chi connectivity index (χ4n) is 4.01. The Labute approximate surface area is 210 Å². The minimum absolute atomic E-state index is 0.0413. The maximum atomic E-state index is 13.2. The van der Waals surface area contributed by atoms with E-state index in [1.54, 1.807) is 6.07 Å². The number of anilines is 2. The van der Waals surface area contributed by atoms with Gasteiger partial charge < -0.3 is 20.4 Å². The molecule has 2 aromatic carbocycles. The van der Waals surface area contributed by atoms with E-state index in [2.05, 4.69) is 10.6 Å². The van der Waals surface area contributed by atoms with Crippen molar-refractivity contribution in [3.63, 3.8) is 0 Å². The van der Waals surface area contributed by atoms with Crippen LogP contribution in [0.2, 0.25) is 0 Å². The largest absolute Gasteiger partial charge is 0.416 e. The number of alkyl halides is 6. The van der Waals surface area contributed by atoms with Gasteiger partial charge in [0.1, 0.15) is 0 Å². The summed E-state index contributed by atoms with van der Waals surface area (Å²) in [5, 5.41) is 5.16. The van der Waals surface area contributed by atoms with Gasteiger partial charge in [-0.05, 0) is 76.3 Å². The van der Waals surface area contributed by atoms with Crippen LogP contribution in [0, 0.1) is 0 Å². The number of rotatable bonds is 8. The van der Waals surface area contributed by atoms with Crippen molar-refractivity contribution in [3.8, 4) is 0 Å². The molecule has 2 amide bonds. The Hall–Kier alpha value is -3.28. The van der Waals surface area contributed by atoms with Gasteiger partial charge in [0.25, 0.3) is 11.8 Å². The lowest BCUT2D eigenvalue weighted by molar-refractivity contribution is -0.143. The summed E-state index contributed by atoms with van der Waals surface area (Å²) in [7, 11) is 3.81. The van der Waals surface area contributed by atoms with Crippen LogP contribution < -0.4 is 15.5 Å². The highest BCUT2D eigenvalue weighted by Gasteiger charge is 2.37. The number of halogens is 6. The fraction of sp³-hybridized carbons (Fsp3) is 0.440. The Balaban J connectivity index is 1.88. The third-order valence-electron chi connectivity index (χ3n) is 5.86. The summed E-state index contributed by atoms with van der Waals surface area (Å²) in [4.78, 5) is 29.7. The standard InChI is InChI=1S/C25H28F6N4O2/c1-34(2)9-5-8-32-23(37)20-15-19(6-7-21(20)35-10-3-4-11-35)33-22(36)16-12-17(24(26,27)28)14-18(13-16)25(29,30)31/h6-7,12-15H,3-5,8-11H2,1-2H3,(H,32,37)(H,33,36). The molecule has 1 fully saturated rings. The first-order valence-electron chi connectivity index (χ1n) is 11.7. The Kier molecular flexibility index (Phi) is 8.72. The monoisotopic (exact) mass is 530 g/mol. The third kappa shape index (κ3) is 7.61. The molecule has 0 aliphatic carbocycles. The summed E-state index contributed by atoms with van der Waals surface area (Å²) in [5.41, 5.74) is -3.02. The SMILES string of the molecule is CN(C)CCCNC(=O)c1cc(NC(=O)c2cc(C(F)(F)F)cc(C(F)(F)F)c2)ccc1N1CCCC1. The van der Waals surface area contributed by atoms with Crippen LogP contribution in [0.3, 0.4) is 0 Å². The molecule has 202 valence electrons. The van der Waals surface area contributed by atoms with Crippen molar-refractivity contribution in [2.75, 3.05) is 50.5 Å². The molecule has 0 radical (unpaired) electrons. The normalized spacial score (nSPS) is 14.2. The summed E-state index contributed by atoms with van der Waals surface area (Å²) in [5.74, 6) is -1.56. The lowest BCUT2D eigenvalue weighted by Gasteiger charge is -2.22. The molecule has 3 rings (SSSR count). The van der Waals surface area contributed by atoms with Crippen LogP contribution >= 0.6 is 0 Å². The summed E-state index contributed by atoms with van der Waals surface area (Å²) >= 11 is 0. The second-order valence-corrected chi connectivity index (χ2v) is 9.09. The first kappa shape index (κ1) is 28.3. The fourth-order valence-corrected chi connectivity index (χ4v) is 4.01. The van der Waals surface area contributed by atoms with Gasteiger partial charge in [0.2, 0.25) is 0 Å². The van der Waals surface area contributed by atoms with E-state index in [9.17, 15) is 35.9 Å². The van der Waals surface area contributed by atoms with Crippen molar-refractivity contribution in [1.29, 1.82) is 0 Å². The average molecular weight is 531 g/mol. The number of carbonyl (C=O) groups excluding carboxylic acids is 2. The summed E-state index contributed by atoms with van der Waals surface area (Å²) in [6, 6.07) is 5.14. The smallest absolute Gasteiger partial charge is 0.371 e. The van der Waals surface area contributed by atoms with E-state index in [-0.39, 0.29) is 17.3 Å². The summed E-state index contributed by atoms with van der Waals surface area (Å²) in [6.07, 6.45) is -7.57. The predicted octanol–water partition coefficient (Wildman–Crippen LogP) is 5.26. The Morgan fingerprint density at radius 3 is 2.03 bits per heavy atom. The zero-order chi connectivity index (χ0) is 27.4. The number of hydrogen-bond donors (Lipinski definition) is 2. The van der Waals surface area contributed by atoms with Gasteiger partial charge in [0.05, 0.1) is 16.7 Å². The van der Waals surface area contributed by atoms with Crippen molar-refractivity contribution in [2.45, 2.75) is 31.6 Å². The van der Waals surface area contributed by atoms with E-state index in [0.717, 1.165) is 32.5 Å². The Morgan fingerprint density at radius 1 is 0.892 bits per heavy atom. The van der Waals surface area contributed by atoms with Crippen LogP contribution in [0.1, 0.15) is 51.1 Å². The molecule has 2 aromatic rings. The molecule has 12 heteroatoms. The van der Waals surface area contributed by atoms with E-state index < -0.39 is 40.9 Å². The van der Waals surface area contributed by atoms with E-state index in [1.807, 2.05) is 23.9 Å². The second kappa shape index (κ2) is 11.4. The molecule has 0 spiro atoms. The van der Waals surface area contributed by atoms with Crippen molar-refractivity contribution >= 4 is 23.2 Å². The van der Waals surface area contributed by atoms with Gasteiger partial charge in [0.15, 0.2) is 0 Å². The number of nitrogens with zero attached hydrogens (tertiary/aromatic N) is 2. The topological polar surface area (TPSA) is 64.7 Å². The zero-order valence-corrected chi connectivity index (χ0v) is 20.4. The molecular formula is C25H28F6N4O2.